The van der Waals surface area contributed by atoms with E-state index in [-0.39, 0.29) is 18.4 Å². The molecule has 6 nitrogen and oxygen atoms in total. The summed E-state index contributed by atoms with van der Waals surface area (Å²) in [6.07, 6.45) is 3.61. The van der Waals surface area contributed by atoms with E-state index in [1.54, 1.807) is 37.3 Å². The normalized spacial score (nSPS) is 17.2. The molecular formula is C23H22N2O4S2. The Labute approximate surface area is 190 Å². The molecule has 2 aromatic carbocycles. The minimum atomic E-state index is -0.261. The van der Waals surface area contributed by atoms with Crippen molar-refractivity contribution in [2.45, 2.75) is 12.8 Å². The molecule has 1 fully saturated rings. The van der Waals surface area contributed by atoms with Crippen molar-refractivity contribution in [3.05, 3.63) is 58.5 Å². The third-order valence-corrected chi connectivity index (χ3v) is 6.66. The number of benzene rings is 2. The SMILES string of the molecule is COc1ccc(/C=C2/SC(=S)N(CC(=O)N3CCCc4ccccc43)C2=O)cc1OC. The predicted octanol–water partition coefficient (Wildman–Crippen LogP) is 3.88. The van der Waals surface area contributed by atoms with E-state index in [4.69, 9.17) is 21.7 Å². The third-order valence-electron chi connectivity index (χ3n) is 5.28. The van der Waals surface area contributed by atoms with Gasteiger partial charge < -0.3 is 14.4 Å². The molecule has 0 N–H and O–H groups in total. The van der Waals surface area contributed by atoms with Gasteiger partial charge >= 0.3 is 0 Å². The number of carbonyl (C=O) groups excluding carboxylic acids is 2. The van der Waals surface area contributed by atoms with Crippen LogP contribution in [0.5, 0.6) is 11.5 Å². The first-order chi connectivity index (χ1) is 15.0. The first-order valence-corrected chi connectivity index (χ1v) is 11.1. The fourth-order valence-corrected chi connectivity index (χ4v) is 5.00. The summed E-state index contributed by atoms with van der Waals surface area (Å²) in [5, 5.41) is 0. The van der Waals surface area contributed by atoms with Crippen LogP contribution < -0.4 is 14.4 Å². The highest BCUT2D eigenvalue weighted by molar-refractivity contribution is 8.26. The van der Waals surface area contributed by atoms with Crippen molar-refractivity contribution < 1.29 is 19.1 Å². The Morgan fingerprint density at radius 3 is 2.71 bits per heavy atom. The molecule has 2 heterocycles. The highest BCUT2D eigenvalue weighted by atomic mass is 32.2. The molecule has 2 aliphatic rings. The molecule has 0 aromatic heterocycles. The van der Waals surface area contributed by atoms with E-state index in [9.17, 15) is 9.59 Å². The topological polar surface area (TPSA) is 59.1 Å². The van der Waals surface area contributed by atoms with Gasteiger partial charge in [-0.05, 0) is 48.2 Å². The lowest BCUT2D eigenvalue weighted by Gasteiger charge is -2.30. The van der Waals surface area contributed by atoms with E-state index >= 15 is 0 Å². The van der Waals surface area contributed by atoms with Gasteiger partial charge in [-0.15, -0.1) is 0 Å². The average Bonchev–Trinajstić information content (AvgIpc) is 3.05. The molecule has 0 aliphatic carbocycles. The molecule has 8 heteroatoms. The second-order valence-corrected chi connectivity index (χ2v) is 8.84. The molecule has 0 atom stereocenters. The van der Waals surface area contributed by atoms with Crippen LogP contribution in [-0.2, 0) is 16.0 Å². The number of aryl methyl sites for hydroxylation is 1. The van der Waals surface area contributed by atoms with Gasteiger partial charge in [-0.2, -0.15) is 0 Å². The summed E-state index contributed by atoms with van der Waals surface area (Å²) in [6, 6.07) is 13.3. The molecule has 0 unspecified atom stereocenters. The summed E-state index contributed by atoms with van der Waals surface area (Å²) in [4.78, 5) is 29.6. The number of para-hydroxylation sites is 1. The van der Waals surface area contributed by atoms with Crippen molar-refractivity contribution in [3.8, 4) is 11.5 Å². The number of methoxy groups -OCH3 is 2. The summed E-state index contributed by atoms with van der Waals surface area (Å²) in [6.45, 7) is 0.578. The maximum Gasteiger partial charge on any atom is 0.266 e. The van der Waals surface area contributed by atoms with Gasteiger partial charge in [0.15, 0.2) is 11.5 Å². The fourth-order valence-electron chi connectivity index (χ4n) is 3.74. The van der Waals surface area contributed by atoms with Gasteiger partial charge in [0, 0.05) is 12.2 Å². The number of nitrogens with zero attached hydrogens (tertiary/aromatic N) is 2. The number of rotatable bonds is 5. The Morgan fingerprint density at radius 1 is 1.16 bits per heavy atom. The van der Waals surface area contributed by atoms with E-state index in [1.165, 1.54) is 16.7 Å². The quantitative estimate of drug-likeness (QED) is 0.505. The summed E-state index contributed by atoms with van der Waals surface area (Å²) in [5.74, 6) is 0.796. The molecule has 2 aromatic rings. The largest absolute Gasteiger partial charge is 0.493 e. The summed E-state index contributed by atoms with van der Waals surface area (Å²) < 4.78 is 11.0. The zero-order chi connectivity index (χ0) is 22.0. The number of thiocarbonyl (C=S) groups is 1. The smallest absolute Gasteiger partial charge is 0.266 e. The molecule has 4 rings (SSSR count). The molecule has 2 aliphatic heterocycles. The highest BCUT2D eigenvalue weighted by Gasteiger charge is 2.35. The van der Waals surface area contributed by atoms with Crippen LogP contribution in [0.3, 0.4) is 0 Å². The van der Waals surface area contributed by atoms with Gasteiger partial charge in [0.2, 0.25) is 5.91 Å². The predicted molar refractivity (Wildman–Crippen MR) is 127 cm³/mol. The van der Waals surface area contributed by atoms with Crippen LogP contribution in [0.2, 0.25) is 0 Å². The molecule has 0 radical (unpaired) electrons. The molecule has 31 heavy (non-hydrogen) atoms. The number of hydrogen-bond donors (Lipinski definition) is 0. The number of thioether (sulfide) groups is 1. The van der Waals surface area contributed by atoms with Crippen LogP contribution in [0, 0.1) is 0 Å². The second-order valence-electron chi connectivity index (χ2n) is 7.16. The van der Waals surface area contributed by atoms with Crippen molar-refractivity contribution in [2.75, 3.05) is 32.2 Å². The summed E-state index contributed by atoms with van der Waals surface area (Å²) >= 11 is 6.61. The Balaban J connectivity index is 1.52. The molecule has 2 amide bonds. The van der Waals surface area contributed by atoms with Crippen LogP contribution >= 0.6 is 24.0 Å². The average molecular weight is 455 g/mol. The molecule has 0 bridgehead atoms. The standard InChI is InChI=1S/C23H22N2O4S2/c1-28-18-10-9-15(12-19(18)29-2)13-20-22(27)25(23(30)31-20)14-21(26)24-11-5-7-16-6-3-4-8-17(16)24/h3-4,6,8-10,12-13H,5,7,11,14H2,1-2H3/b20-13+. The van der Waals surface area contributed by atoms with Crippen molar-refractivity contribution in [2.24, 2.45) is 0 Å². The van der Waals surface area contributed by atoms with Crippen molar-refractivity contribution in [3.63, 3.8) is 0 Å². The van der Waals surface area contributed by atoms with E-state index in [1.807, 2.05) is 30.3 Å². The van der Waals surface area contributed by atoms with Crippen LogP contribution in [0.4, 0.5) is 5.69 Å². The van der Waals surface area contributed by atoms with Gasteiger partial charge in [0.25, 0.3) is 5.91 Å². The number of fused-ring (bicyclic) bond motifs is 1. The van der Waals surface area contributed by atoms with Gasteiger partial charge in [0.1, 0.15) is 10.9 Å². The number of hydrogen-bond acceptors (Lipinski definition) is 6. The molecule has 1 saturated heterocycles. The Hall–Kier alpha value is -2.84. The van der Waals surface area contributed by atoms with Crippen molar-refractivity contribution >= 4 is 51.9 Å². The number of carbonyl (C=O) groups is 2. The minimum Gasteiger partial charge on any atom is -0.493 e. The lowest BCUT2D eigenvalue weighted by atomic mass is 10.0. The summed E-state index contributed by atoms with van der Waals surface area (Å²) in [7, 11) is 3.13. The van der Waals surface area contributed by atoms with Crippen LogP contribution in [0.1, 0.15) is 17.5 Å². The third kappa shape index (κ3) is 4.31. The van der Waals surface area contributed by atoms with Crippen LogP contribution in [0.25, 0.3) is 6.08 Å². The monoisotopic (exact) mass is 454 g/mol. The lowest BCUT2D eigenvalue weighted by Crippen LogP contribution is -2.44. The summed E-state index contributed by atoms with van der Waals surface area (Å²) in [5.41, 5.74) is 2.86. The Kier molecular flexibility index (Phi) is 6.29. The van der Waals surface area contributed by atoms with Crippen LogP contribution in [0.15, 0.2) is 47.4 Å². The van der Waals surface area contributed by atoms with Crippen molar-refractivity contribution in [1.29, 1.82) is 0 Å². The van der Waals surface area contributed by atoms with Gasteiger partial charge in [-0.1, -0.05) is 48.2 Å². The van der Waals surface area contributed by atoms with Gasteiger partial charge in [0.05, 0.1) is 19.1 Å². The second kappa shape index (κ2) is 9.11. The minimum absolute atomic E-state index is 0.0672. The van der Waals surface area contributed by atoms with Crippen molar-refractivity contribution in [1.82, 2.24) is 4.90 Å². The Morgan fingerprint density at radius 2 is 1.94 bits per heavy atom. The van der Waals surface area contributed by atoms with E-state index in [0.717, 1.165) is 29.7 Å². The van der Waals surface area contributed by atoms with Gasteiger partial charge in [-0.25, -0.2) is 0 Å². The maximum absolute atomic E-state index is 13.0. The highest BCUT2D eigenvalue weighted by Crippen LogP contribution is 2.35. The van der Waals surface area contributed by atoms with E-state index in [2.05, 4.69) is 0 Å². The first kappa shape index (κ1) is 21.4. The number of ether oxygens (including phenoxy) is 2. The Bertz CT molecular complexity index is 1080. The maximum atomic E-state index is 13.0. The van der Waals surface area contributed by atoms with Crippen LogP contribution in [-0.4, -0.2) is 48.3 Å². The fraction of sp³-hybridized carbons (Fsp3) is 0.261. The van der Waals surface area contributed by atoms with E-state index < -0.39 is 0 Å². The zero-order valence-corrected chi connectivity index (χ0v) is 18.9. The van der Waals surface area contributed by atoms with E-state index in [0.29, 0.717) is 27.3 Å². The lowest BCUT2D eigenvalue weighted by molar-refractivity contribution is -0.127. The molecule has 0 saturated carbocycles. The van der Waals surface area contributed by atoms with Gasteiger partial charge in [-0.3, -0.25) is 14.5 Å². The molecule has 0 spiro atoms. The number of amides is 2. The molecular weight excluding hydrogens is 432 g/mol. The number of anilines is 1. The zero-order valence-electron chi connectivity index (χ0n) is 17.3. The molecule has 160 valence electrons. The first-order valence-electron chi connectivity index (χ1n) is 9.87.